The molecule has 1 rings (SSSR count). The summed E-state index contributed by atoms with van der Waals surface area (Å²) in [6.45, 7) is 1.62. The van der Waals surface area contributed by atoms with Gasteiger partial charge in [-0.25, -0.2) is 18.6 Å². The standard InChI is InChI=1S/C9H7BrF3NO2/c1-2-16-9(15)4-3-5(7(11)12)14-8(13)6(4)10/h3,7H,2H2,1H3. The monoisotopic (exact) mass is 297 g/mol. The van der Waals surface area contributed by atoms with Crippen molar-refractivity contribution in [3.63, 3.8) is 0 Å². The fraction of sp³-hybridized carbons (Fsp3) is 0.333. The van der Waals surface area contributed by atoms with Crippen LogP contribution < -0.4 is 0 Å². The predicted molar refractivity (Wildman–Crippen MR) is 52.8 cm³/mol. The third kappa shape index (κ3) is 2.72. The molecule has 0 spiro atoms. The van der Waals surface area contributed by atoms with E-state index in [1.165, 1.54) is 0 Å². The number of aromatic nitrogens is 1. The highest BCUT2D eigenvalue weighted by molar-refractivity contribution is 9.10. The fourth-order valence-corrected chi connectivity index (χ4v) is 1.35. The van der Waals surface area contributed by atoms with E-state index in [-0.39, 0.29) is 16.6 Å². The molecule has 0 saturated carbocycles. The second-order valence-corrected chi connectivity index (χ2v) is 3.51. The highest BCUT2D eigenvalue weighted by Gasteiger charge is 2.21. The van der Waals surface area contributed by atoms with Crippen LogP contribution in [0.5, 0.6) is 0 Å². The van der Waals surface area contributed by atoms with E-state index in [4.69, 9.17) is 0 Å². The van der Waals surface area contributed by atoms with Crippen LogP contribution in [0.15, 0.2) is 10.5 Å². The van der Waals surface area contributed by atoms with Crippen LogP contribution in [0.25, 0.3) is 0 Å². The molecule has 0 aromatic carbocycles. The van der Waals surface area contributed by atoms with Crippen molar-refractivity contribution < 1.29 is 22.7 Å². The normalized spacial score (nSPS) is 10.6. The molecule has 0 aliphatic rings. The zero-order valence-electron chi connectivity index (χ0n) is 8.14. The van der Waals surface area contributed by atoms with E-state index < -0.39 is 24.0 Å². The average molecular weight is 298 g/mol. The van der Waals surface area contributed by atoms with Crippen molar-refractivity contribution in [1.29, 1.82) is 0 Å². The quantitative estimate of drug-likeness (QED) is 0.636. The number of halogens is 4. The van der Waals surface area contributed by atoms with Gasteiger partial charge in [-0.3, -0.25) is 0 Å². The number of hydrogen-bond acceptors (Lipinski definition) is 3. The molecule has 0 amide bonds. The number of nitrogens with zero attached hydrogens (tertiary/aromatic N) is 1. The number of rotatable bonds is 3. The molecule has 16 heavy (non-hydrogen) atoms. The number of carbonyl (C=O) groups is 1. The summed E-state index contributed by atoms with van der Waals surface area (Å²) in [6.07, 6.45) is -2.95. The third-order valence-electron chi connectivity index (χ3n) is 1.66. The Morgan fingerprint density at radius 3 is 2.75 bits per heavy atom. The van der Waals surface area contributed by atoms with Gasteiger partial charge in [-0.2, -0.15) is 4.39 Å². The summed E-state index contributed by atoms with van der Waals surface area (Å²) in [7, 11) is 0. The summed E-state index contributed by atoms with van der Waals surface area (Å²) < 4.78 is 42.0. The summed E-state index contributed by atoms with van der Waals surface area (Å²) >= 11 is 2.75. The van der Waals surface area contributed by atoms with E-state index >= 15 is 0 Å². The number of ether oxygens (including phenoxy) is 1. The van der Waals surface area contributed by atoms with Crippen LogP contribution >= 0.6 is 15.9 Å². The molecular weight excluding hydrogens is 291 g/mol. The average Bonchev–Trinajstić information content (AvgIpc) is 2.21. The summed E-state index contributed by atoms with van der Waals surface area (Å²) in [4.78, 5) is 14.3. The summed E-state index contributed by atoms with van der Waals surface area (Å²) in [6, 6.07) is 0.801. The smallest absolute Gasteiger partial charge is 0.339 e. The predicted octanol–water partition coefficient (Wildman–Crippen LogP) is 3.10. The van der Waals surface area contributed by atoms with E-state index in [2.05, 4.69) is 25.7 Å². The van der Waals surface area contributed by atoms with Crippen molar-refractivity contribution in [1.82, 2.24) is 4.98 Å². The van der Waals surface area contributed by atoms with Gasteiger partial charge in [0.1, 0.15) is 5.69 Å². The molecule has 0 aliphatic carbocycles. The van der Waals surface area contributed by atoms with Gasteiger partial charge in [-0.05, 0) is 28.9 Å². The first-order valence-corrected chi connectivity index (χ1v) is 5.07. The SMILES string of the molecule is CCOC(=O)c1cc(C(F)F)nc(F)c1Br. The van der Waals surface area contributed by atoms with Gasteiger partial charge in [0.05, 0.1) is 16.6 Å². The fourth-order valence-electron chi connectivity index (χ4n) is 0.986. The largest absolute Gasteiger partial charge is 0.462 e. The Bertz CT molecular complexity index is 412. The van der Waals surface area contributed by atoms with Gasteiger partial charge in [-0.15, -0.1) is 0 Å². The van der Waals surface area contributed by atoms with Crippen molar-refractivity contribution in [2.75, 3.05) is 6.61 Å². The molecular formula is C9H7BrF3NO2. The van der Waals surface area contributed by atoms with E-state index in [0.29, 0.717) is 0 Å². The first-order chi connectivity index (χ1) is 7.47. The zero-order chi connectivity index (χ0) is 12.3. The lowest BCUT2D eigenvalue weighted by Crippen LogP contribution is -2.09. The first kappa shape index (κ1) is 13.0. The van der Waals surface area contributed by atoms with Gasteiger partial charge in [0.2, 0.25) is 5.95 Å². The molecule has 88 valence electrons. The summed E-state index contributed by atoms with van der Waals surface area (Å²) in [5.74, 6) is -2.04. The molecule has 0 fully saturated rings. The van der Waals surface area contributed by atoms with Gasteiger partial charge in [0.25, 0.3) is 6.43 Å². The van der Waals surface area contributed by atoms with Crippen molar-refractivity contribution in [3.8, 4) is 0 Å². The van der Waals surface area contributed by atoms with E-state index in [9.17, 15) is 18.0 Å². The van der Waals surface area contributed by atoms with Gasteiger partial charge in [0, 0.05) is 0 Å². The van der Waals surface area contributed by atoms with Crippen LogP contribution in [0.2, 0.25) is 0 Å². The molecule has 1 aromatic rings. The van der Waals surface area contributed by atoms with Gasteiger partial charge < -0.3 is 4.74 Å². The zero-order valence-corrected chi connectivity index (χ0v) is 9.72. The minimum Gasteiger partial charge on any atom is -0.462 e. The highest BCUT2D eigenvalue weighted by atomic mass is 79.9. The minimum atomic E-state index is -2.95. The van der Waals surface area contributed by atoms with Crippen molar-refractivity contribution in [3.05, 3.63) is 27.7 Å². The van der Waals surface area contributed by atoms with Crippen molar-refractivity contribution >= 4 is 21.9 Å². The number of pyridine rings is 1. The lowest BCUT2D eigenvalue weighted by molar-refractivity contribution is 0.0523. The molecule has 0 N–H and O–H groups in total. The van der Waals surface area contributed by atoms with Gasteiger partial charge >= 0.3 is 5.97 Å². The van der Waals surface area contributed by atoms with Crippen LogP contribution in [-0.4, -0.2) is 17.6 Å². The Morgan fingerprint density at radius 2 is 2.25 bits per heavy atom. The van der Waals surface area contributed by atoms with Gasteiger partial charge in [-0.1, -0.05) is 0 Å². The number of alkyl halides is 2. The van der Waals surface area contributed by atoms with Crippen LogP contribution in [0, 0.1) is 5.95 Å². The second kappa shape index (κ2) is 5.29. The Morgan fingerprint density at radius 1 is 1.62 bits per heavy atom. The molecule has 1 heterocycles. The third-order valence-corrected chi connectivity index (χ3v) is 2.41. The molecule has 0 atom stereocenters. The van der Waals surface area contributed by atoms with Crippen molar-refractivity contribution in [2.24, 2.45) is 0 Å². The molecule has 0 aliphatic heterocycles. The lowest BCUT2D eigenvalue weighted by atomic mass is 10.2. The van der Waals surface area contributed by atoms with Crippen molar-refractivity contribution in [2.45, 2.75) is 13.3 Å². The minimum absolute atomic E-state index is 0.0687. The Labute approximate surface area is 97.8 Å². The van der Waals surface area contributed by atoms with E-state index in [1.54, 1.807) is 6.92 Å². The Hall–Kier alpha value is -1.11. The molecule has 1 aromatic heterocycles. The number of esters is 1. The summed E-state index contributed by atoms with van der Waals surface area (Å²) in [5, 5.41) is 0. The maximum Gasteiger partial charge on any atom is 0.339 e. The number of hydrogen-bond donors (Lipinski definition) is 0. The number of carbonyl (C=O) groups excluding carboxylic acids is 1. The molecule has 0 radical (unpaired) electrons. The van der Waals surface area contributed by atoms with E-state index in [0.717, 1.165) is 6.07 Å². The van der Waals surface area contributed by atoms with Crippen LogP contribution in [0.4, 0.5) is 13.2 Å². The first-order valence-electron chi connectivity index (χ1n) is 4.28. The molecule has 0 unspecified atom stereocenters. The Balaban J connectivity index is 3.21. The van der Waals surface area contributed by atoms with Crippen LogP contribution in [0.1, 0.15) is 29.4 Å². The maximum atomic E-state index is 13.1. The molecule has 0 bridgehead atoms. The van der Waals surface area contributed by atoms with Gasteiger partial charge in [0.15, 0.2) is 0 Å². The van der Waals surface area contributed by atoms with Crippen LogP contribution in [0.3, 0.4) is 0 Å². The molecule has 7 heteroatoms. The molecule has 3 nitrogen and oxygen atoms in total. The topological polar surface area (TPSA) is 39.2 Å². The maximum absolute atomic E-state index is 13.1. The second-order valence-electron chi connectivity index (χ2n) is 2.72. The highest BCUT2D eigenvalue weighted by Crippen LogP contribution is 2.25. The Kier molecular flexibility index (Phi) is 4.28. The molecule has 0 saturated heterocycles. The van der Waals surface area contributed by atoms with Crippen LogP contribution in [-0.2, 0) is 4.74 Å². The van der Waals surface area contributed by atoms with E-state index in [1.807, 2.05) is 0 Å². The summed E-state index contributed by atoms with van der Waals surface area (Å²) in [5.41, 5.74) is -1.10. The lowest BCUT2D eigenvalue weighted by Gasteiger charge is -2.07.